The molecule has 3 aliphatic rings. The van der Waals surface area contributed by atoms with Crippen LogP contribution in [0.1, 0.15) is 60.3 Å². The smallest absolute Gasteiger partial charge is 0.303 e. The normalized spacial score (nSPS) is 40.0. The van der Waals surface area contributed by atoms with Crippen LogP contribution in [0.15, 0.2) is 22.8 Å². The zero-order valence-corrected chi connectivity index (χ0v) is 16.0. The molecule has 6 atom stereocenters. The first kappa shape index (κ1) is 18.4. The first-order valence-electron chi connectivity index (χ1n) is 9.49. The molecule has 4 heteroatoms. The molecule has 25 heavy (non-hydrogen) atoms. The molecule has 0 spiro atoms. The van der Waals surface area contributed by atoms with Crippen LogP contribution in [0.5, 0.6) is 0 Å². The highest BCUT2D eigenvalue weighted by Gasteiger charge is 2.56. The van der Waals surface area contributed by atoms with Gasteiger partial charge < -0.3 is 9.84 Å². The predicted molar refractivity (Wildman–Crippen MR) is 96.2 cm³/mol. The number of rotatable bonds is 4. The molecule has 0 aromatic heterocycles. The lowest BCUT2D eigenvalue weighted by Gasteiger charge is -2.36. The van der Waals surface area contributed by atoms with Crippen molar-refractivity contribution in [3.8, 4) is 0 Å². The lowest BCUT2D eigenvalue weighted by Crippen LogP contribution is -2.41. The lowest BCUT2D eigenvalue weighted by molar-refractivity contribution is -0.139. The molecule has 0 aromatic carbocycles. The lowest BCUT2D eigenvalue weighted by atomic mass is 9.65. The van der Waals surface area contributed by atoms with Crippen LogP contribution in [-0.2, 0) is 14.3 Å². The molecule has 1 fully saturated rings. The van der Waals surface area contributed by atoms with Crippen LogP contribution in [0.4, 0.5) is 0 Å². The van der Waals surface area contributed by atoms with E-state index >= 15 is 0 Å². The summed E-state index contributed by atoms with van der Waals surface area (Å²) in [7, 11) is 0. The number of carboxylic acid groups (broad SMARTS) is 1. The molecular weight excluding hydrogens is 316 g/mol. The Morgan fingerprint density at radius 2 is 2.00 bits per heavy atom. The highest BCUT2D eigenvalue weighted by atomic mass is 16.5. The molecule has 1 N–H and O–H groups in total. The predicted octanol–water partition coefficient (Wildman–Crippen LogP) is 4.15. The summed E-state index contributed by atoms with van der Waals surface area (Å²) in [5, 5.41) is 9.14. The van der Waals surface area contributed by atoms with Crippen LogP contribution in [-0.4, -0.2) is 28.6 Å². The summed E-state index contributed by atoms with van der Waals surface area (Å²) < 4.78 is 6.36. The minimum Gasteiger partial charge on any atom is -0.481 e. The Balaban J connectivity index is 2.07. The number of carbonyl (C=O) groups is 2. The summed E-state index contributed by atoms with van der Waals surface area (Å²) in [6.45, 7) is 10.4. The molecule has 0 radical (unpaired) electrons. The quantitative estimate of drug-likeness (QED) is 0.777. The number of ether oxygens (including phenoxy) is 1. The van der Waals surface area contributed by atoms with Crippen molar-refractivity contribution in [3.05, 3.63) is 22.8 Å². The maximum atomic E-state index is 13.4. The van der Waals surface area contributed by atoms with Crippen LogP contribution in [0, 0.1) is 23.7 Å². The fourth-order valence-corrected chi connectivity index (χ4v) is 5.34. The monoisotopic (exact) mass is 346 g/mol. The van der Waals surface area contributed by atoms with Crippen molar-refractivity contribution in [2.45, 2.75) is 72.0 Å². The molecule has 3 rings (SSSR count). The number of fused-ring (bicyclic) bond motifs is 1. The van der Waals surface area contributed by atoms with Gasteiger partial charge >= 0.3 is 5.97 Å². The minimum absolute atomic E-state index is 0.0140. The molecule has 4 nitrogen and oxygen atoms in total. The third-order valence-electron chi connectivity index (χ3n) is 6.52. The molecule has 1 heterocycles. The van der Waals surface area contributed by atoms with Gasteiger partial charge in [-0.3, -0.25) is 9.59 Å². The number of allylic oxidation sites excluding steroid dienone is 1. The van der Waals surface area contributed by atoms with E-state index < -0.39 is 11.6 Å². The Morgan fingerprint density at radius 3 is 2.60 bits per heavy atom. The molecule has 0 bridgehead atoms. The average molecular weight is 346 g/mol. The van der Waals surface area contributed by atoms with Crippen molar-refractivity contribution in [1.29, 1.82) is 0 Å². The van der Waals surface area contributed by atoms with E-state index in [1.165, 1.54) is 0 Å². The number of carboxylic acids is 1. The Bertz CT molecular complexity index is 655. The van der Waals surface area contributed by atoms with E-state index in [1.54, 1.807) is 0 Å². The van der Waals surface area contributed by atoms with Crippen molar-refractivity contribution < 1.29 is 19.4 Å². The van der Waals surface area contributed by atoms with Crippen molar-refractivity contribution in [3.63, 3.8) is 0 Å². The summed E-state index contributed by atoms with van der Waals surface area (Å²) in [6, 6.07) is 0. The third-order valence-corrected chi connectivity index (χ3v) is 6.52. The number of carbonyl (C=O) groups excluding carboxylic acids is 1. The van der Waals surface area contributed by atoms with Crippen molar-refractivity contribution >= 4 is 11.8 Å². The summed E-state index contributed by atoms with van der Waals surface area (Å²) in [4.78, 5) is 24.6. The second kappa shape index (κ2) is 6.39. The molecule has 0 aromatic rings. The van der Waals surface area contributed by atoms with E-state index in [2.05, 4.69) is 19.9 Å². The van der Waals surface area contributed by atoms with Gasteiger partial charge in [0.1, 0.15) is 0 Å². The molecule has 0 saturated heterocycles. The third kappa shape index (κ3) is 2.99. The van der Waals surface area contributed by atoms with Crippen LogP contribution >= 0.6 is 0 Å². The van der Waals surface area contributed by atoms with Crippen LogP contribution in [0.3, 0.4) is 0 Å². The van der Waals surface area contributed by atoms with Crippen molar-refractivity contribution in [2.24, 2.45) is 23.7 Å². The second-order valence-electron chi connectivity index (χ2n) is 8.63. The van der Waals surface area contributed by atoms with Gasteiger partial charge in [-0.05, 0) is 63.4 Å². The average Bonchev–Trinajstić information content (AvgIpc) is 3.02. The molecule has 0 unspecified atom stereocenters. The Labute approximate surface area is 150 Å². The van der Waals surface area contributed by atoms with Gasteiger partial charge in [0.2, 0.25) is 0 Å². The van der Waals surface area contributed by atoms with Crippen molar-refractivity contribution in [2.75, 3.05) is 0 Å². The Morgan fingerprint density at radius 1 is 1.32 bits per heavy atom. The number of hydrogen-bond donors (Lipinski definition) is 1. The minimum atomic E-state index is -0.846. The van der Waals surface area contributed by atoms with Gasteiger partial charge in [-0.15, -0.1) is 0 Å². The molecule has 2 aliphatic carbocycles. The van der Waals surface area contributed by atoms with E-state index in [0.29, 0.717) is 24.2 Å². The van der Waals surface area contributed by atoms with Gasteiger partial charge in [0.15, 0.2) is 5.78 Å². The largest absolute Gasteiger partial charge is 0.481 e. The first-order chi connectivity index (χ1) is 11.7. The van der Waals surface area contributed by atoms with Gasteiger partial charge in [0, 0.05) is 17.9 Å². The molecule has 1 saturated carbocycles. The topological polar surface area (TPSA) is 63.6 Å². The Hall–Kier alpha value is -1.42. The fraction of sp³-hybridized carbons (Fsp3) is 0.714. The van der Waals surface area contributed by atoms with Crippen LogP contribution in [0.25, 0.3) is 0 Å². The van der Waals surface area contributed by atoms with E-state index in [9.17, 15) is 9.59 Å². The Kier molecular flexibility index (Phi) is 4.69. The number of ketones is 1. The SMILES string of the molecule is CC(C)=C[C@H]1O[C@@](C)(CCC(=O)O)C2=C1[C@@H](C)[C@@H]1CC[C@H](C)[C@H]1C2=O. The zero-order chi connectivity index (χ0) is 18.5. The number of Topliss-reactive ketones (excluding diaryl/α,β-unsaturated/α-hetero) is 1. The van der Waals surface area contributed by atoms with Gasteiger partial charge in [-0.1, -0.05) is 25.5 Å². The summed E-state index contributed by atoms with van der Waals surface area (Å²) in [5.74, 6) is 0.573. The highest BCUT2D eigenvalue weighted by molar-refractivity contribution is 6.02. The van der Waals surface area contributed by atoms with Crippen molar-refractivity contribution in [1.82, 2.24) is 0 Å². The first-order valence-corrected chi connectivity index (χ1v) is 9.49. The summed E-state index contributed by atoms with van der Waals surface area (Å²) in [6.07, 6.45) is 4.45. The van der Waals surface area contributed by atoms with E-state index in [-0.39, 0.29) is 24.2 Å². The molecule has 1 aliphatic heterocycles. The van der Waals surface area contributed by atoms with Gasteiger partial charge in [0.25, 0.3) is 0 Å². The maximum Gasteiger partial charge on any atom is 0.303 e. The van der Waals surface area contributed by atoms with Crippen LogP contribution in [0.2, 0.25) is 0 Å². The fourth-order valence-electron chi connectivity index (χ4n) is 5.34. The van der Waals surface area contributed by atoms with E-state index in [1.807, 2.05) is 20.8 Å². The zero-order valence-electron chi connectivity index (χ0n) is 16.0. The highest BCUT2D eigenvalue weighted by Crippen LogP contribution is 2.55. The molecule has 138 valence electrons. The number of hydrogen-bond acceptors (Lipinski definition) is 3. The standard InChI is InChI=1S/C21H30O4/c1-11(2)10-15-18-13(4)14-7-6-12(3)17(14)20(24)19(18)21(5,25-15)9-8-16(22)23/h10,12-15,17H,6-9H2,1-5H3,(H,22,23)/t12-,13-,14-,15+,17+,21-/m0/s1. The van der Waals surface area contributed by atoms with Gasteiger partial charge in [-0.25, -0.2) is 0 Å². The number of aliphatic carboxylic acids is 1. The second-order valence-corrected chi connectivity index (χ2v) is 8.63. The molecule has 0 amide bonds. The summed E-state index contributed by atoms with van der Waals surface area (Å²) in [5.41, 5.74) is 2.28. The maximum absolute atomic E-state index is 13.4. The molecular formula is C21H30O4. The van der Waals surface area contributed by atoms with E-state index in [0.717, 1.165) is 29.6 Å². The summed E-state index contributed by atoms with van der Waals surface area (Å²) >= 11 is 0. The van der Waals surface area contributed by atoms with E-state index in [4.69, 9.17) is 9.84 Å². The van der Waals surface area contributed by atoms with Gasteiger partial charge in [0.05, 0.1) is 11.7 Å². The van der Waals surface area contributed by atoms with Gasteiger partial charge in [-0.2, -0.15) is 0 Å². The van der Waals surface area contributed by atoms with Crippen LogP contribution < -0.4 is 0 Å².